The van der Waals surface area contributed by atoms with Gasteiger partial charge in [0, 0.05) is 38.6 Å². The molecule has 0 aromatic rings. The van der Waals surface area contributed by atoms with Crippen LogP contribution in [0.5, 0.6) is 0 Å². The Hall–Kier alpha value is -0.610. The van der Waals surface area contributed by atoms with Crippen molar-refractivity contribution in [1.82, 2.24) is 14.7 Å². The Balaban J connectivity index is 1.72. The van der Waals surface area contributed by atoms with E-state index in [9.17, 15) is 4.79 Å². The van der Waals surface area contributed by atoms with Crippen molar-refractivity contribution in [2.24, 2.45) is 0 Å². The van der Waals surface area contributed by atoms with Crippen LogP contribution in [0.1, 0.15) is 51.4 Å². The summed E-state index contributed by atoms with van der Waals surface area (Å²) in [5.74, 6) is 0.333. The number of hydrogen-bond donors (Lipinski definition) is 0. The predicted molar refractivity (Wildman–Crippen MR) is 87.4 cm³/mol. The maximum absolute atomic E-state index is 12.4. The van der Waals surface area contributed by atoms with Crippen molar-refractivity contribution in [2.45, 2.75) is 63.5 Å². The highest BCUT2D eigenvalue weighted by molar-refractivity contribution is 5.76. The first-order chi connectivity index (χ1) is 10.1. The van der Waals surface area contributed by atoms with Crippen LogP contribution < -0.4 is 0 Å². The summed E-state index contributed by atoms with van der Waals surface area (Å²) in [5, 5.41) is 0. The van der Waals surface area contributed by atoms with Gasteiger partial charge in [-0.25, -0.2) is 0 Å². The van der Waals surface area contributed by atoms with Gasteiger partial charge in [0.2, 0.25) is 5.91 Å². The highest BCUT2D eigenvalue weighted by Gasteiger charge is 2.25. The lowest BCUT2D eigenvalue weighted by atomic mass is 10.1. The second-order valence-corrected chi connectivity index (χ2v) is 7.09. The monoisotopic (exact) mass is 295 g/mol. The van der Waals surface area contributed by atoms with Crippen LogP contribution in [0.15, 0.2) is 0 Å². The third kappa shape index (κ3) is 4.96. The number of carbonyl (C=O) groups excluding carboxylic acids is 1. The van der Waals surface area contributed by atoms with Crippen LogP contribution >= 0.6 is 0 Å². The van der Waals surface area contributed by atoms with E-state index in [1.807, 2.05) is 11.9 Å². The zero-order valence-electron chi connectivity index (χ0n) is 14.2. The Kier molecular flexibility index (Phi) is 6.49. The Bertz CT molecular complexity index is 326. The van der Waals surface area contributed by atoms with Crippen LogP contribution in [-0.4, -0.2) is 73.5 Å². The number of likely N-dealkylation sites (N-methyl/N-ethyl adjacent to an activating group) is 2. The van der Waals surface area contributed by atoms with Crippen LogP contribution in [0.2, 0.25) is 0 Å². The summed E-state index contributed by atoms with van der Waals surface area (Å²) in [7, 11) is 6.36. The molecule has 0 N–H and O–H groups in total. The lowest BCUT2D eigenvalue weighted by molar-refractivity contribution is -0.132. The van der Waals surface area contributed by atoms with Crippen molar-refractivity contribution in [1.29, 1.82) is 0 Å². The fraction of sp³-hybridized carbons (Fsp3) is 0.941. The maximum atomic E-state index is 12.4. The van der Waals surface area contributed by atoms with Gasteiger partial charge in [-0.1, -0.05) is 25.7 Å². The summed E-state index contributed by atoms with van der Waals surface area (Å²) in [6.45, 7) is 3.22. The highest BCUT2D eigenvalue weighted by atomic mass is 16.2. The Labute approximate surface area is 130 Å². The molecule has 1 saturated carbocycles. The van der Waals surface area contributed by atoms with Crippen molar-refractivity contribution in [2.75, 3.05) is 40.8 Å². The molecule has 2 fully saturated rings. The Morgan fingerprint density at radius 1 is 1.05 bits per heavy atom. The molecule has 0 aromatic heterocycles. The van der Waals surface area contributed by atoms with Crippen molar-refractivity contribution >= 4 is 5.91 Å². The van der Waals surface area contributed by atoms with Gasteiger partial charge in [0.05, 0.1) is 0 Å². The van der Waals surface area contributed by atoms with Crippen LogP contribution in [0.3, 0.4) is 0 Å². The maximum Gasteiger partial charge on any atom is 0.223 e. The third-order valence-electron chi connectivity index (χ3n) is 5.43. The van der Waals surface area contributed by atoms with Gasteiger partial charge in [-0.05, 0) is 39.9 Å². The molecule has 1 amide bonds. The molecule has 1 heterocycles. The second-order valence-electron chi connectivity index (χ2n) is 7.09. The standard InChI is InChI=1S/C17H33N3O/c1-18-12-10-16(14-18)19(2)13-11-17(21)20(3)15-8-6-4-5-7-9-15/h15-16H,4-14H2,1-3H3/t16-/m1/s1. The molecular formula is C17H33N3O. The van der Waals surface area contributed by atoms with Crippen molar-refractivity contribution in [3.8, 4) is 0 Å². The van der Waals surface area contributed by atoms with Gasteiger partial charge in [0.1, 0.15) is 0 Å². The first kappa shape index (κ1) is 16.8. The zero-order chi connectivity index (χ0) is 15.2. The molecule has 0 radical (unpaired) electrons. The fourth-order valence-corrected chi connectivity index (χ4v) is 3.75. The number of amides is 1. The number of likely N-dealkylation sites (tertiary alicyclic amines) is 1. The molecule has 122 valence electrons. The van der Waals surface area contributed by atoms with Gasteiger partial charge in [0.25, 0.3) is 0 Å². The van der Waals surface area contributed by atoms with Gasteiger partial charge in [-0.15, -0.1) is 0 Å². The summed E-state index contributed by atoms with van der Waals surface area (Å²) in [5.41, 5.74) is 0. The summed E-state index contributed by atoms with van der Waals surface area (Å²) in [4.78, 5) is 19.2. The van der Waals surface area contributed by atoms with Crippen molar-refractivity contribution in [3.05, 3.63) is 0 Å². The lowest BCUT2D eigenvalue weighted by Gasteiger charge is -2.29. The van der Waals surface area contributed by atoms with E-state index in [1.54, 1.807) is 0 Å². The van der Waals surface area contributed by atoms with E-state index in [0.29, 0.717) is 24.4 Å². The summed E-state index contributed by atoms with van der Waals surface area (Å²) in [6, 6.07) is 1.12. The number of hydrogen-bond acceptors (Lipinski definition) is 3. The van der Waals surface area contributed by atoms with Gasteiger partial charge in [-0.2, -0.15) is 0 Å². The molecule has 1 aliphatic heterocycles. The molecule has 1 atom stereocenters. The SMILES string of the molecule is CN1CC[C@@H](N(C)CCC(=O)N(C)C2CCCCCC2)C1. The quantitative estimate of drug-likeness (QED) is 0.728. The molecule has 4 heteroatoms. The van der Waals surface area contributed by atoms with E-state index >= 15 is 0 Å². The molecule has 0 bridgehead atoms. The number of rotatable bonds is 5. The molecule has 0 spiro atoms. The minimum atomic E-state index is 0.333. The van der Waals surface area contributed by atoms with E-state index in [-0.39, 0.29) is 0 Å². The van der Waals surface area contributed by atoms with Gasteiger partial charge in [-0.3, -0.25) is 4.79 Å². The van der Waals surface area contributed by atoms with Crippen LogP contribution in [-0.2, 0) is 4.79 Å². The van der Waals surface area contributed by atoms with Crippen LogP contribution in [0.25, 0.3) is 0 Å². The van der Waals surface area contributed by atoms with Gasteiger partial charge >= 0.3 is 0 Å². The molecule has 1 aliphatic carbocycles. The Morgan fingerprint density at radius 3 is 2.29 bits per heavy atom. The lowest BCUT2D eigenvalue weighted by Crippen LogP contribution is -2.40. The van der Waals surface area contributed by atoms with Crippen molar-refractivity contribution < 1.29 is 4.79 Å². The van der Waals surface area contributed by atoms with E-state index in [4.69, 9.17) is 0 Å². The fourth-order valence-electron chi connectivity index (χ4n) is 3.75. The predicted octanol–water partition coefficient (Wildman–Crippen LogP) is 2.19. The molecular weight excluding hydrogens is 262 g/mol. The van der Waals surface area contributed by atoms with E-state index in [0.717, 1.165) is 13.1 Å². The minimum absolute atomic E-state index is 0.333. The molecule has 1 saturated heterocycles. The first-order valence-corrected chi connectivity index (χ1v) is 8.72. The average molecular weight is 295 g/mol. The molecule has 21 heavy (non-hydrogen) atoms. The molecule has 2 aliphatic rings. The largest absolute Gasteiger partial charge is 0.343 e. The zero-order valence-corrected chi connectivity index (χ0v) is 14.2. The van der Waals surface area contributed by atoms with E-state index in [1.165, 1.54) is 51.5 Å². The van der Waals surface area contributed by atoms with E-state index in [2.05, 4.69) is 23.9 Å². The molecule has 2 rings (SSSR count). The second kappa shape index (κ2) is 8.14. The minimum Gasteiger partial charge on any atom is -0.343 e. The van der Waals surface area contributed by atoms with Crippen LogP contribution in [0.4, 0.5) is 0 Å². The van der Waals surface area contributed by atoms with Gasteiger partial charge in [0.15, 0.2) is 0 Å². The van der Waals surface area contributed by atoms with E-state index < -0.39 is 0 Å². The number of carbonyl (C=O) groups is 1. The topological polar surface area (TPSA) is 26.8 Å². The molecule has 4 nitrogen and oxygen atoms in total. The first-order valence-electron chi connectivity index (χ1n) is 8.72. The molecule has 0 aromatic carbocycles. The van der Waals surface area contributed by atoms with Gasteiger partial charge < -0.3 is 14.7 Å². The Morgan fingerprint density at radius 2 is 1.71 bits per heavy atom. The summed E-state index contributed by atoms with van der Waals surface area (Å²) >= 11 is 0. The summed E-state index contributed by atoms with van der Waals surface area (Å²) in [6.07, 6.45) is 9.57. The highest BCUT2D eigenvalue weighted by Crippen LogP contribution is 2.21. The van der Waals surface area contributed by atoms with Crippen molar-refractivity contribution in [3.63, 3.8) is 0 Å². The smallest absolute Gasteiger partial charge is 0.223 e. The molecule has 0 unspecified atom stereocenters. The normalized spacial score (nSPS) is 25.2. The average Bonchev–Trinajstić information content (AvgIpc) is 2.75. The number of nitrogens with zero attached hydrogens (tertiary/aromatic N) is 3. The van der Waals surface area contributed by atoms with Crippen LogP contribution in [0, 0.1) is 0 Å². The third-order valence-corrected chi connectivity index (χ3v) is 5.43. The summed E-state index contributed by atoms with van der Waals surface area (Å²) < 4.78 is 0.